The second-order valence-electron chi connectivity index (χ2n) is 6.66. The lowest BCUT2D eigenvalue weighted by Gasteiger charge is -2.26. The Kier molecular flexibility index (Phi) is 5.64. The van der Waals surface area contributed by atoms with Gasteiger partial charge in [-0.05, 0) is 55.2 Å². The van der Waals surface area contributed by atoms with Crippen molar-refractivity contribution in [2.45, 2.75) is 25.8 Å². The number of carbonyl (C=O) groups is 2. The minimum atomic E-state index is -0.178. The van der Waals surface area contributed by atoms with Gasteiger partial charge in [-0.25, -0.2) is 4.79 Å². The average molecular weight is 367 g/mol. The van der Waals surface area contributed by atoms with E-state index in [1.165, 1.54) is 0 Å². The van der Waals surface area contributed by atoms with Gasteiger partial charge in [0.05, 0.1) is 13.2 Å². The van der Waals surface area contributed by atoms with Crippen molar-refractivity contribution in [2.24, 2.45) is 0 Å². The van der Waals surface area contributed by atoms with Crippen LogP contribution in [0.15, 0.2) is 42.5 Å². The van der Waals surface area contributed by atoms with E-state index in [0.29, 0.717) is 17.8 Å². The van der Waals surface area contributed by atoms with Gasteiger partial charge in [0.15, 0.2) is 0 Å². The van der Waals surface area contributed by atoms with Crippen molar-refractivity contribution in [3.63, 3.8) is 0 Å². The molecule has 0 radical (unpaired) electrons. The van der Waals surface area contributed by atoms with Gasteiger partial charge in [-0.3, -0.25) is 4.79 Å². The molecule has 27 heavy (non-hydrogen) atoms. The molecule has 1 aliphatic rings. The maximum Gasteiger partial charge on any atom is 0.322 e. The number of rotatable bonds is 4. The molecular formula is C21H25N3O3. The molecule has 2 aromatic carbocycles. The van der Waals surface area contributed by atoms with Crippen molar-refractivity contribution in [2.75, 3.05) is 26.0 Å². The maximum atomic E-state index is 12.9. The molecule has 0 aromatic heterocycles. The number of nitrogens with one attached hydrogen (secondary N) is 2. The number of carbonyl (C=O) groups excluding carboxylic acids is 2. The second-order valence-corrected chi connectivity index (χ2v) is 6.66. The zero-order valence-electron chi connectivity index (χ0n) is 15.9. The summed E-state index contributed by atoms with van der Waals surface area (Å²) in [4.78, 5) is 26.6. The molecule has 1 aliphatic heterocycles. The van der Waals surface area contributed by atoms with Crippen LogP contribution in [0.4, 0.5) is 10.5 Å². The number of benzene rings is 2. The van der Waals surface area contributed by atoms with E-state index in [1.54, 1.807) is 26.3 Å². The van der Waals surface area contributed by atoms with Gasteiger partial charge in [0, 0.05) is 24.8 Å². The van der Waals surface area contributed by atoms with Crippen LogP contribution in [0.2, 0.25) is 0 Å². The van der Waals surface area contributed by atoms with Crippen LogP contribution in [0, 0.1) is 6.92 Å². The lowest BCUT2D eigenvalue weighted by Crippen LogP contribution is -2.34. The first kappa shape index (κ1) is 18.8. The number of anilines is 1. The first-order valence-electron chi connectivity index (χ1n) is 9.07. The molecule has 6 heteroatoms. The summed E-state index contributed by atoms with van der Waals surface area (Å²) < 4.78 is 5.21. The van der Waals surface area contributed by atoms with Gasteiger partial charge in [0.1, 0.15) is 5.75 Å². The van der Waals surface area contributed by atoms with Crippen LogP contribution < -0.4 is 15.4 Å². The van der Waals surface area contributed by atoms with Gasteiger partial charge in [-0.2, -0.15) is 0 Å². The molecule has 0 aliphatic carbocycles. The molecular weight excluding hydrogens is 342 g/mol. The van der Waals surface area contributed by atoms with E-state index < -0.39 is 0 Å². The number of amides is 3. The number of hydrogen-bond donors (Lipinski definition) is 2. The fraction of sp³-hybridized carbons (Fsp3) is 0.333. The lowest BCUT2D eigenvalue weighted by atomic mass is 10.0. The first-order chi connectivity index (χ1) is 13.0. The fourth-order valence-electron chi connectivity index (χ4n) is 3.41. The molecule has 3 rings (SSSR count). The Balaban J connectivity index is 1.77. The van der Waals surface area contributed by atoms with Gasteiger partial charge in [0.2, 0.25) is 0 Å². The normalized spacial score (nSPS) is 16.1. The molecule has 142 valence electrons. The van der Waals surface area contributed by atoms with Gasteiger partial charge >= 0.3 is 6.03 Å². The minimum absolute atomic E-state index is 0.0401. The highest BCUT2D eigenvalue weighted by molar-refractivity contribution is 5.97. The largest absolute Gasteiger partial charge is 0.497 e. The Morgan fingerprint density at radius 1 is 1.15 bits per heavy atom. The number of hydrogen-bond acceptors (Lipinski definition) is 3. The highest BCUT2D eigenvalue weighted by Crippen LogP contribution is 2.33. The molecule has 0 bridgehead atoms. The number of methoxy groups -OCH3 is 1. The van der Waals surface area contributed by atoms with E-state index in [9.17, 15) is 9.59 Å². The van der Waals surface area contributed by atoms with Crippen LogP contribution >= 0.6 is 0 Å². The van der Waals surface area contributed by atoms with Crippen molar-refractivity contribution in [3.05, 3.63) is 59.2 Å². The van der Waals surface area contributed by atoms with Crippen molar-refractivity contribution in [1.82, 2.24) is 10.2 Å². The van der Waals surface area contributed by atoms with E-state index in [1.807, 2.05) is 42.2 Å². The van der Waals surface area contributed by atoms with E-state index in [-0.39, 0.29) is 18.0 Å². The quantitative estimate of drug-likeness (QED) is 0.865. The summed E-state index contributed by atoms with van der Waals surface area (Å²) in [6, 6.07) is 13.0. The monoisotopic (exact) mass is 367 g/mol. The molecule has 0 spiro atoms. The first-order valence-corrected chi connectivity index (χ1v) is 9.07. The second kappa shape index (κ2) is 8.12. The summed E-state index contributed by atoms with van der Waals surface area (Å²) in [7, 11) is 3.23. The molecule has 3 amide bonds. The summed E-state index contributed by atoms with van der Waals surface area (Å²) in [6.45, 7) is 2.62. The van der Waals surface area contributed by atoms with Crippen LogP contribution in [0.25, 0.3) is 0 Å². The Labute approximate surface area is 159 Å². The predicted octanol–water partition coefficient (Wildman–Crippen LogP) is 3.73. The van der Waals surface area contributed by atoms with Gasteiger partial charge in [-0.1, -0.05) is 18.2 Å². The van der Waals surface area contributed by atoms with Crippen molar-refractivity contribution in [3.8, 4) is 5.75 Å². The molecule has 1 heterocycles. The number of urea groups is 1. The molecule has 1 saturated heterocycles. The minimum Gasteiger partial charge on any atom is -0.497 e. The SMILES string of the molecule is CNC(=O)c1ccc(C)c(NC(=O)N2CCCC2c2ccc(OC)cc2)c1. The zero-order chi connectivity index (χ0) is 19.4. The molecule has 1 fully saturated rings. The smallest absolute Gasteiger partial charge is 0.322 e. The third-order valence-corrected chi connectivity index (χ3v) is 4.98. The predicted molar refractivity (Wildman–Crippen MR) is 105 cm³/mol. The molecule has 2 aromatic rings. The molecule has 0 saturated carbocycles. The Morgan fingerprint density at radius 2 is 1.89 bits per heavy atom. The van der Waals surface area contributed by atoms with E-state index in [0.717, 1.165) is 29.7 Å². The highest BCUT2D eigenvalue weighted by atomic mass is 16.5. The van der Waals surface area contributed by atoms with Crippen molar-refractivity contribution < 1.29 is 14.3 Å². The summed E-state index contributed by atoms with van der Waals surface area (Å²) in [5.41, 5.74) is 3.18. The van der Waals surface area contributed by atoms with Crippen LogP contribution in [0.1, 0.15) is 40.4 Å². The van der Waals surface area contributed by atoms with Crippen LogP contribution in [0.5, 0.6) is 5.75 Å². The average Bonchev–Trinajstić information content (AvgIpc) is 3.19. The van der Waals surface area contributed by atoms with Crippen LogP contribution in [-0.4, -0.2) is 37.5 Å². The zero-order valence-corrected chi connectivity index (χ0v) is 15.9. The Bertz CT molecular complexity index is 833. The Morgan fingerprint density at radius 3 is 2.56 bits per heavy atom. The number of ether oxygens (including phenoxy) is 1. The summed E-state index contributed by atoms with van der Waals surface area (Å²) in [5.74, 6) is 0.622. The van der Waals surface area contributed by atoms with Gasteiger partial charge in [-0.15, -0.1) is 0 Å². The standard InChI is InChI=1S/C21H25N3O3/c1-14-6-7-16(20(25)22-2)13-18(14)23-21(26)24-12-4-5-19(24)15-8-10-17(27-3)11-9-15/h6-11,13,19H,4-5,12H2,1-3H3,(H,22,25)(H,23,26). The topological polar surface area (TPSA) is 70.7 Å². The van der Waals surface area contributed by atoms with Crippen molar-refractivity contribution >= 4 is 17.6 Å². The lowest BCUT2D eigenvalue weighted by molar-refractivity contribution is 0.0963. The van der Waals surface area contributed by atoms with Crippen LogP contribution in [-0.2, 0) is 0 Å². The van der Waals surface area contributed by atoms with Crippen LogP contribution in [0.3, 0.4) is 0 Å². The third kappa shape index (κ3) is 4.05. The molecule has 1 unspecified atom stereocenters. The summed E-state index contributed by atoms with van der Waals surface area (Å²) in [5, 5.41) is 5.58. The van der Waals surface area contributed by atoms with Gasteiger partial charge in [0.25, 0.3) is 5.91 Å². The van der Waals surface area contributed by atoms with E-state index in [4.69, 9.17) is 4.74 Å². The fourth-order valence-corrected chi connectivity index (χ4v) is 3.41. The number of nitrogens with zero attached hydrogens (tertiary/aromatic N) is 1. The summed E-state index contributed by atoms with van der Waals surface area (Å²) in [6.07, 6.45) is 1.89. The highest BCUT2D eigenvalue weighted by Gasteiger charge is 2.30. The molecule has 6 nitrogen and oxygen atoms in total. The third-order valence-electron chi connectivity index (χ3n) is 4.98. The van der Waals surface area contributed by atoms with E-state index in [2.05, 4.69) is 10.6 Å². The summed E-state index contributed by atoms with van der Waals surface area (Å²) >= 11 is 0. The molecule has 1 atom stereocenters. The molecule has 2 N–H and O–H groups in total. The van der Waals surface area contributed by atoms with Crippen molar-refractivity contribution in [1.29, 1.82) is 0 Å². The van der Waals surface area contributed by atoms with Gasteiger partial charge < -0.3 is 20.3 Å². The number of aryl methyl sites for hydroxylation is 1. The van der Waals surface area contributed by atoms with E-state index >= 15 is 0 Å². The number of likely N-dealkylation sites (tertiary alicyclic amines) is 1. The Hall–Kier alpha value is -3.02. The maximum absolute atomic E-state index is 12.9.